The zero-order valence-corrected chi connectivity index (χ0v) is 26.8. The Morgan fingerprint density at radius 1 is 0.690 bits per heavy atom. The Morgan fingerprint density at radius 2 is 1.26 bits per heavy atom. The molecule has 1 aliphatic rings. The molecule has 1 atom stereocenters. The fourth-order valence-electron chi connectivity index (χ4n) is 3.58. The molecular formula is C37H54N4O. The van der Waals surface area contributed by atoms with Crippen molar-refractivity contribution in [3.8, 4) is 0 Å². The maximum absolute atomic E-state index is 9.09. The molecule has 2 aromatic carbocycles. The Kier molecular flexibility index (Phi) is 23.5. The van der Waals surface area contributed by atoms with Crippen LogP contribution in [0.25, 0.3) is 0 Å². The van der Waals surface area contributed by atoms with Gasteiger partial charge in [0.15, 0.2) is 0 Å². The number of aliphatic imine (C=N–C) groups is 1. The summed E-state index contributed by atoms with van der Waals surface area (Å²) in [7, 11) is 0. The van der Waals surface area contributed by atoms with Gasteiger partial charge in [-0.2, -0.15) is 0 Å². The summed E-state index contributed by atoms with van der Waals surface area (Å²) in [6.45, 7) is 20.1. The second-order valence-corrected chi connectivity index (χ2v) is 7.95. The number of aryl methyl sites for hydroxylation is 2. The molecule has 1 N–H and O–H groups in total. The van der Waals surface area contributed by atoms with Crippen molar-refractivity contribution in [3.05, 3.63) is 131 Å². The first kappa shape index (κ1) is 40.0. The van der Waals surface area contributed by atoms with Gasteiger partial charge >= 0.3 is 0 Å². The average Bonchev–Trinajstić information content (AvgIpc) is 3.86. The molecule has 0 radical (unpaired) electrons. The number of pyridine rings is 2. The summed E-state index contributed by atoms with van der Waals surface area (Å²) in [6, 6.07) is 28.2. The highest BCUT2D eigenvalue weighted by atomic mass is 16.4. The highest BCUT2D eigenvalue weighted by molar-refractivity contribution is 6.13. The molecule has 0 bridgehead atoms. The van der Waals surface area contributed by atoms with E-state index in [2.05, 4.69) is 51.3 Å². The predicted molar refractivity (Wildman–Crippen MR) is 184 cm³/mol. The minimum absolute atomic E-state index is 0. The van der Waals surface area contributed by atoms with Crippen LogP contribution in [0, 0.1) is 13.8 Å². The summed E-state index contributed by atoms with van der Waals surface area (Å²) in [5.41, 5.74) is 8.28. The van der Waals surface area contributed by atoms with Crippen LogP contribution in [0.15, 0.2) is 107 Å². The molecular weight excluding hydrogens is 516 g/mol. The van der Waals surface area contributed by atoms with Gasteiger partial charge in [0.2, 0.25) is 0 Å². The van der Waals surface area contributed by atoms with Gasteiger partial charge in [0.05, 0.1) is 17.1 Å². The topological polar surface area (TPSA) is 70.7 Å². The Labute approximate surface area is 256 Å². The first-order chi connectivity index (χ1) is 20.1. The molecule has 0 saturated carbocycles. The lowest BCUT2D eigenvalue weighted by Gasteiger charge is -2.05. The van der Waals surface area contributed by atoms with Crippen molar-refractivity contribution in [2.24, 2.45) is 10.1 Å². The second kappa shape index (κ2) is 24.7. The summed E-state index contributed by atoms with van der Waals surface area (Å²) in [5.74, 6) is 0. The Hall–Kier alpha value is -4.12. The van der Waals surface area contributed by atoms with Gasteiger partial charge in [-0.1, -0.05) is 140 Å². The minimum Gasteiger partial charge on any atom is -0.411 e. The summed E-state index contributed by atoms with van der Waals surface area (Å²) in [6.07, 6.45) is 4.08. The smallest absolute Gasteiger partial charge is 0.134 e. The molecule has 0 aliphatic carbocycles. The molecule has 228 valence electrons. The number of nitrogens with zero attached hydrogens (tertiary/aromatic N) is 4. The lowest BCUT2D eigenvalue weighted by atomic mass is 10.0. The number of benzene rings is 2. The van der Waals surface area contributed by atoms with Gasteiger partial charge in [-0.3, -0.25) is 15.0 Å². The third-order valence-corrected chi connectivity index (χ3v) is 5.29. The van der Waals surface area contributed by atoms with Crippen LogP contribution in [0.4, 0.5) is 0 Å². The largest absolute Gasteiger partial charge is 0.411 e. The van der Waals surface area contributed by atoms with Gasteiger partial charge in [-0.05, 0) is 49.2 Å². The molecule has 1 unspecified atom stereocenters. The van der Waals surface area contributed by atoms with Gasteiger partial charge in [0.1, 0.15) is 6.04 Å². The zero-order valence-electron chi connectivity index (χ0n) is 26.8. The van der Waals surface area contributed by atoms with Crippen molar-refractivity contribution in [1.82, 2.24) is 9.97 Å². The van der Waals surface area contributed by atoms with Crippen molar-refractivity contribution in [1.29, 1.82) is 0 Å². The van der Waals surface area contributed by atoms with E-state index in [4.69, 9.17) is 5.21 Å². The van der Waals surface area contributed by atoms with Crippen molar-refractivity contribution in [2.45, 2.75) is 89.1 Å². The van der Waals surface area contributed by atoms with Gasteiger partial charge < -0.3 is 5.21 Å². The van der Waals surface area contributed by atoms with Crippen LogP contribution in [0.3, 0.4) is 0 Å². The van der Waals surface area contributed by atoms with E-state index in [0.717, 1.165) is 28.2 Å². The lowest BCUT2D eigenvalue weighted by molar-refractivity contribution is 0.318. The third-order valence-electron chi connectivity index (χ3n) is 5.29. The Morgan fingerprint density at radius 3 is 1.76 bits per heavy atom. The van der Waals surface area contributed by atoms with E-state index in [-0.39, 0.29) is 13.5 Å². The third kappa shape index (κ3) is 14.0. The van der Waals surface area contributed by atoms with Crippen molar-refractivity contribution < 1.29 is 5.21 Å². The summed E-state index contributed by atoms with van der Waals surface area (Å²) in [5, 5.41) is 12.5. The number of hydrogen-bond acceptors (Lipinski definition) is 5. The molecule has 5 nitrogen and oxygen atoms in total. The maximum Gasteiger partial charge on any atom is 0.134 e. The molecule has 42 heavy (non-hydrogen) atoms. The normalized spacial score (nSPS) is 12.1. The number of oxime groups is 1. The van der Waals surface area contributed by atoms with Crippen LogP contribution in [0.2, 0.25) is 0 Å². The monoisotopic (exact) mass is 570 g/mol. The van der Waals surface area contributed by atoms with Crippen LogP contribution in [0.5, 0.6) is 0 Å². The highest BCUT2D eigenvalue weighted by Gasteiger charge is 2.31. The molecule has 3 heterocycles. The summed E-state index contributed by atoms with van der Waals surface area (Å²) >= 11 is 0. The first-order valence-corrected chi connectivity index (χ1v) is 14.9. The van der Waals surface area contributed by atoms with E-state index in [1.54, 1.807) is 6.20 Å². The summed E-state index contributed by atoms with van der Waals surface area (Å²) in [4.78, 5) is 13.0. The lowest BCUT2D eigenvalue weighted by Crippen LogP contribution is -2.06. The molecule has 2 aromatic heterocycles. The zero-order chi connectivity index (χ0) is 31.0. The Bertz CT molecular complexity index is 1270. The van der Waals surface area contributed by atoms with E-state index >= 15 is 0 Å². The minimum atomic E-state index is 0. The van der Waals surface area contributed by atoms with Crippen LogP contribution < -0.4 is 0 Å². The van der Waals surface area contributed by atoms with E-state index in [1.165, 1.54) is 11.1 Å². The van der Waals surface area contributed by atoms with Gasteiger partial charge in [-0.15, -0.1) is 0 Å². The fraction of sp³-hybridized carbons (Fsp3) is 0.351. The van der Waals surface area contributed by atoms with Gasteiger partial charge in [0.25, 0.3) is 0 Å². The van der Waals surface area contributed by atoms with Crippen LogP contribution in [0.1, 0.15) is 103 Å². The molecule has 1 aliphatic heterocycles. The molecule has 0 spiro atoms. The van der Waals surface area contributed by atoms with Crippen molar-refractivity contribution in [3.63, 3.8) is 0 Å². The average molecular weight is 571 g/mol. The fourth-order valence-corrected chi connectivity index (χ4v) is 3.58. The maximum atomic E-state index is 9.09. The van der Waals surface area contributed by atoms with E-state index in [1.807, 2.05) is 129 Å². The second-order valence-electron chi connectivity index (χ2n) is 7.95. The predicted octanol–water partition coefficient (Wildman–Crippen LogP) is 10.5. The number of hydrogen-bond donors (Lipinski definition) is 1. The number of rotatable bonds is 5. The highest BCUT2D eigenvalue weighted by Crippen LogP contribution is 2.33. The molecule has 5 heteroatoms. The first-order valence-electron chi connectivity index (χ1n) is 14.9. The molecule has 5 rings (SSSR count). The molecule has 4 aromatic rings. The molecule has 0 fully saturated rings. The quantitative estimate of drug-likeness (QED) is 0.147. The standard InChI is InChI=1S/C14H14N2O.C14H12N2.4C2H6.CH4/c1-11-5-4-6-12(9-11)14(16-17)10-13-7-2-3-8-15-13;1-10-5-4-6-11(9-10)13-14(16-13)12-7-2-3-8-15-12;4*1-2;/h2-9,17H,10H2,1H3;2-9,14H,1H3;4*1-2H3;1H4. The van der Waals surface area contributed by atoms with E-state index in [9.17, 15) is 0 Å². The van der Waals surface area contributed by atoms with E-state index < -0.39 is 0 Å². The molecule has 0 amide bonds. The molecule has 0 saturated heterocycles. The summed E-state index contributed by atoms with van der Waals surface area (Å²) < 4.78 is 0. The van der Waals surface area contributed by atoms with Crippen molar-refractivity contribution >= 4 is 11.4 Å². The van der Waals surface area contributed by atoms with Crippen LogP contribution >= 0.6 is 0 Å². The van der Waals surface area contributed by atoms with E-state index in [0.29, 0.717) is 12.1 Å². The van der Waals surface area contributed by atoms with Gasteiger partial charge in [-0.25, -0.2) is 0 Å². The SMILES string of the molecule is C.CC.CC.CC.CC.Cc1cccc(C(Cc2ccccn2)=NO)c1.Cc1cccc(C2=NC2c2ccccn2)c1. The number of aromatic nitrogens is 2. The van der Waals surface area contributed by atoms with Crippen LogP contribution in [-0.4, -0.2) is 26.6 Å². The van der Waals surface area contributed by atoms with Crippen molar-refractivity contribution in [2.75, 3.05) is 0 Å². The Balaban J connectivity index is 0. The van der Waals surface area contributed by atoms with Crippen LogP contribution in [-0.2, 0) is 6.42 Å². The van der Waals surface area contributed by atoms with Gasteiger partial charge in [0, 0.05) is 24.5 Å².